The van der Waals surface area contributed by atoms with Crippen molar-refractivity contribution < 1.29 is 14.3 Å². The van der Waals surface area contributed by atoms with Gasteiger partial charge in [-0.25, -0.2) is 0 Å². The molecule has 2 atom stereocenters. The molecule has 0 aromatic heterocycles. The fourth-order valence-corrected chi connectivity index (χ4v) is 7.79. The topological polar surface area (TPSA) is 35.5 Å². The fourth-order valence-electron chi connectivity index (χ4n) is 7.79. The zero-order valence-electron chi connectivity index (χ0n) is 31.6. The van der Waals surface area contributed by atoms with Crippen molar-refractivity contribution in [3.05, 3.63) is 228 Å². The van der Waals surface area contributed by atoms with Crippen LogP contribution in [0.2, 0.25) is 0 Å². The molecule has 8 aromatic carbocycles. The molecule has 56 heavy (non-hydrogen) atoms. The predicted octanol–water partition coefficient (Wildman–Crippen LogP) is 13.2. The molecule has 0 bridgehead atoms. The highest BCUT2D eigenvalue weighted by molar-refractivity contribution is 5.83. The maximum atomic E-state index is 13.8. The summed E-state index contributed by atoms with van der Waals surface area (Å²) in [6.45, 7) is 0.982. The quantitative estimate of drug-likeness (QED) is 0.0993. The number of rotatable bonds is 16. The van der Waals surface area contributed by atoms with Gasteiger partial charge in [0, 0.05) is 24.7 Å². The van der Waals surface area contributed by atoms with E-state index in [-0.39, 0.29) is 17.6 Å². The molecular weight excluding hydrogens is 685 g/mol. The van der Waals surface area contributed by atoms with Crippen LogP contribution in [0.1, 0.15) is 70.9 Å². The number of Topliss-reactive ketones (excluding diaryl/α,β-unsaturated/α-hetero) is 1. The van der Waals surface area contributed by atoms with Crippen molar-refractivity contribution in [2.45, 2.75) is 50.7 Å². The highest BCUT2D eigenvalue weighted by Gasteiger charge is 2.20. The summed E-state index contributed by atoms with van der Waals surface area (Å²) in [5.74, 6) is 2.09. The molecule has 0 heterocycles. The average molecular weight is 731 g/mol. The summed E-state index contributed by atoms with van der Waals surface area (Å²) in [6, 6.07) is 67.5. The molecule has 0 aliphatic rings. The first-order valence-electron chi connectivity index (χ1n) is 19.7. The molecule has 276 valence electrons. The molecular formula is C53H46O3. The predicted molar refractivity (Wildman–Crippen MR) is 229 cm³/mol. The Morgan fingerprint density at radius 3 is 1.21 bits per heavy atom. The molecule has 0 N–H and O–H groups in total. The summed E-state index contributed by atoms with van der Waals surface area (Å²) in [5.41, 5.74) is 6.98. The minimum atomic E-state index is 0.0747. The van der Waals surface area contributed by atoms with Crippen LogP contribution < -0.4 is 9.47 Å². The number of carbonyl (C=O) groups excluding carboxylic acids is 1. The summed E-state index contributed by atoms with van der Waals surface area (Å²) in [7, 11) is 0. The van der Waals surface area contributed by atoms with Gasteiger partial charge in [-0.15, -0.1) is 0 Å². The Bertz CT molecular complexity index is 2350. The molecule has 0 aliphatic carbocycles. The standard InChI is InChI=1S/C53H46O3/c54-49(29-31-52(43-15-3-1-4-16-43)47-21-11-23-50(35-47)55-37-39-25-27-41-13-7-9-19-45(41)33-39)30-32-53(44-17-5-2-6-18-44)48-22-12-24-51(36-48)56-38-40-26-28-42-14-8-10-20-46(42)34-40/h1-28,33-36,52-53H,29-32,37-38H2. The van der Waals surface area contributed by atoms with E-state index in [0.717, 1.165) is 46.6 Å². The minimum Gasteiger partial charge on any atom is -0.489 e. The lowest BCUT2D eigenvalue weighted by atomic mass is 9.84. The molecule has 0 saturated heterocycles. The van der Waals surface area contributed by atoms with Crippen LogP contribution in [0, 0.1) is 0 Å². The summed E-state index contributed by atoms with van der Waals surface area (Å²) in [6.07, 6.45) is 2.45. The van der Waals surface area contributed by atoms with E-state index in [0.29, 0.717) is 26.1 Å². The van der Waals surface area contributed by atoms with Gasteiger partial charge >= 0.3 is 0 Å². The number of benzene rings is 8. The summed E-state index contributed by atoms with van der Waals surface area (Å²) >= 11 is 0. The van der Waals surface area contributed by atoms with E-state index in [2.05, 4.69) is 170 Å². The number of ketones is 1. The minimum absolute atomic E-state index is 0.0747. The lowest BCUT2D eigenvalue weighted by Crippen LogP contribution is -2.09. The van der Waals surface area contributed by atoms with E-state index in [9.17, 15) is 4.79 Å². The summed E-state index contributed by atoms with van der Waals surface area (Å²) in [4.78, 5) is 13.8. The van der Waals surface area contributed by atoms with E-state index in [1.165, 1.54) is 32.7 Å². The van der Waals surface area contributed by atoms with Crippen LogP contribution in [0.4, 0.5) is 0 Å². The van der Waals surface area contributed by atoms with Gasteiger partial charge in [-0.2, -0.15) is 0 Å². The molecule has 0 fully saturated rings. The monoisotopic (exact) mass is 730 g/mol. The van der Waals surface area contributed by atoms with Gasteiger partial charge < -0.3 is 9.47 Å². The van der Waals surface area contributed by atoms with Gasteiger partial charge in [0.05, 0.1) is 0 Å². The lowest BCUT2D eigenvalue weighted by molar-refractivity contribution is -0.119. The number of hydrogen-bond acceptors (Lipinski definition) is 3. The van der Waals surface area contributed by atoms with Crippen LogP contribution >= 0.6 is 0 Å². The maximum Gasteiger partial charge on any atom is 0.132 e. The van der Waals surface area contributed by atoms with Crippen LogP contribution in [0.5, 0.6) is 11.5 Å². The van der Waals surface area contributed by atoms with Crippen molar-refractivity contribution in [2.75, 3.05) is 0 Å². The van der Waals surface area contributed by atoms with Crippen LogP contribution in [0.25, 0.3) is 21.5 Å². The average Bonchev–Trinajstić information content (AvgIpc) is 3.26. The number of ether oxygens (including phenoxy) is 2. The Morgan fingerprint density at radius 2 is 0.768 bits per heavy atom. The Balaban J connectivity index is 0.930. The van der Waals surface area contributed by atoms with E-state index in [4.69, 9.17) is 9.47 Å². The van der Waals surface area contributed by atoms with Crippen molar-refractivity contribution in [3.63, 3.8) is 0 Å². The number of fused-ring (bicyclic) bond motifs is 2. The van der Waals surface area contributed by atoms with E-state index < -0.39 is 0 Å². The molecule has 2 unspecified atom stereocenters. The van der Waals surface area contributed by atoms with Crippen molar-refractivity contribution in [2.24, 2.45) is 0 Å². The largest absolute Gasteiger partial charge is 0.489 e. The normalized spacial score (nSPS) is 12.3. The van der Waals surface area contributed by atoms with Gasteiger partial charge in [0.2, 0.25) is 0 Å². The second kappa shape index (κ2) is 17.8. The van der Waals surface area contributed by atoms with Crippen LogP contribution in [0.3, 0.4) is 0 Å². The van der Waals surface area contributed by atoms with Crippen LogP contribution in [0.15, 0.2) is 194 Å². The Hall–Kier alpha value is -6.45. The molecule has 3 heteroatoms. The Kier molecular flexibility index (Phi) is 11.6. The third-order valence-electron chi connectivity index (χ3n) is 10.8. The van der Waals surface area contributed by atoms with E-state index in [1.54, 1.807) is 0 Å². The van der Waals surface area contributed by atoms with Gasteiger partial charge in [-0.05, 0) is 104 Å². The third kappa shape index (κ3) is 9.25. The van der Waals surface area contributed by atoms with Crippen molar-refractivity contribution in [3.8, 4) is 11.5 Å². The fraction of sp³-hybridized carbons (Fsp3) is 0.151. The zero-order chi connectivity index (χ0) is 37.9. The molecule has 0 spiro atoms. The highest BCUT2D eigenvalue weighted by Crippen LogP contribution is 2.35. The van der Waals surface area contributed by atoms with Crippen molar-refractivity contribution >= 4 is 27.3 Å². The molecule has 3 nitrogen and oxygen atoms in total. The summed E-state index contributed by atoms with van der Waals surface area (Å²) in [5, 5.41) is 4.87. The van der Waals surface area contributed by atoms with Crippen molar-refractivity contribution in [1.82, 2.24) is 0 Å². The highest BCUT2D eigenvalue weighted by atomic mass is 16.5. The van der Waals surface area contributed by atoms with Gasteiger partial charge in [0.1, 0.15) is 30.5 Å². The van der Waals surface area contributed by atoms with Crippen LogP contribution in [-0.2, 0) is 18.0 Å². The maximum absolute atomic E-state index is 13.8. The Morgan fingerprint density at radius 1 is 0.375 bits per heavy atom. The van der Waals surface area contributed by atoms with E-state index >= 15 is 0 Å². The smallest absolute Gasteiger partial charge is 0.132 e. The second-order valence-electron chi connectivity index (χ2n) is 14.6. The zero-order valence-corrected chi connectivity index (χ0v) is 31.6. The number of hydrogen-bond donors (Lipinski definition) is 0. The molecule has 0 amide bonds. The van der Waals surface area contributed by atoms with Crippen molar-refractivity contribution in [1.29, 1.82) is 0 Å². The molecule has 8 rings (SSSR count). The summed E-state index contributed by atoms with van der Waals surface area (Å²) < 4.78 is 12.7. The third-order valence-corrected chi connectivity index (χ3v) is 10.8. The SMILES string of the molecule is O=C(CCC(c1ccccc1)c1cccc(OCc2ccc3ccccc3c2)c1)CCC(c1ccccc1)c1cccc(OCc2ccc3ccccc3c2)c1. The van der Waals surface area contributed by atoms with Gasteiger partial charge in [0.15, 0.2) is 0 Å². The number of carbonyl (C=O) groups is 1. The van der Waals surface area contributed by atoms with E-state index in [1.807, 2.05) is 24.3 Å². The van der Waals surface area contributed by atoms with Gasteiger partial charge in [-0.3, -0.25) is 4.79 Å². The van der Waals surface area contributed by atoms with Gasteiger partial charge in [0.25, 0.3) is 0 Å². The molecule has 0 aliphatic heterocycles. The molecule has 0 radical (unpaired) electrons. The first kappa shape index (κ1) is 36.5. The van der Waals surface area contributed by atoms with Gasteiger partial charge in [-0.1, -0.05) is 158 Å². The first-order valence-corrected chi connectivity index (χ1v) is 19.7. The lowest BCUT2D eigenvalue weighted by Gasteiger charge is -2.20. The molecule has 0 saturated carbocycles. The first-order chi connectivity index (χ1) is 27.6. The second-order valence-corrected chi connectivity index (χ2v) is 14.6. The molecule has 8 aromatic rings. The Labute approximate surface area is 330 Å². The van der Waals surface area contributed by atoms with Crippen LogP contribution in [-0.4, -0.2) is 5.78 Å².